The molecule has 21 heavy (non-hydrogen) atoms. The Labute approximate surface area is 133 Å². The fourth-order valence-electron chi connectivity index (χ4n) is 2.76. The third-order valence-electron chi connectivity index (χ3n) is 3.84. The second-order valence-corrected chi connectivity index (χ2v) is 5.73. The Morgan fingerprint density at radius 2 is 1.76 bits per heavy atom. The molecule has 1 aromatic carbocycles. The van der Waals surface area contributed by atoms with Crippen LogP contribution in [0.2, 0.25) is 0 Å². The van der Waals surface area contributed by atoms with E-state index in [1.807, 2.05) is 56.0 Å². The maximum Gasteiger partial charge on any atom is 0.227 e. The molecule has 1 amide bonds. The summed E-state index contributed by atoms with van der Waals surface area (Å²) in [6.07, 6.45) is 0.172. The van der Waals surface area contributed by atoms with Crippen LogP contribution in [0.4, 0.5) is 0 Å². The molecule has 2 rings (SSSR count). The van der Waals surface area contributed by atoms with Gasteiger partial charge in [-0.3, -0.25) is 4.79 Å². The molecule has 1 aliphatic heterocycles. The van der Waals surface area contributed by atoms with Crippen LogP contribution >= 0.6 is 12.4 Å². The number of nitrogens with zero attached hydrogens (tertiary/aromatic N) is 1. The number of carbonyl (C=O) groups is 1. The molecule has 1 aliphatic rings. The topological polar surface area (TPSA) is 55.6 Å². The first kappa shape index (κ1) is 18.0. The lowest BCUT2D eigenvalue weighted by Gasteiger charge is -2.37. The zero-order valence-electron chi connectivity index (χ0n) is 12.9. The van der Waals surface area contributed by atoms with Gasteiger partial charge in [0.2, 0.25) is 5.91 Å². The molecule has 0 radical (unpaired) electrons. The summed E-state index contributed by atoms with van der Waals surface area (Å²) in [6, 6.07) is 9.53. The molecule has 0 aromatic heterocycles. The van der Waals surface area contributed by atoms with E-state index in [9.17, 15) is 4.79 Å². The van der Waals surface area contributed by atoms with Crippen molar-refractivity contribution in [1.29, 1.82) is 0 Å². The lowest BCUT2D eigenvalue weighted by Crippen LogP contribution is -2.50. The van der Waals surface area contributed by atoms with Crippen LogP contribution in [-0.4, -0.2) is 36.1 Å². The molecule has 1 fully saturated rings. The minimum absolute atomic E-state index is 0. The maximum atomic E-state index is 12.6. The van der Waals surface area contributed by atoms with Crippen molar-refractivity contribution in [2.75, 3.05) is 13.1 Å². The molecule has 2 N–H and O–H groups in total. The average molecular weight is 313 g/mol. The van der Waals surface area contributed by atoms with Gasteiger partial charge in [-0.15, -0.1) is 12.4 Å². The van der Waals surface area contributed by atoms with Gasteiger partial charge in [0.1, 0.15) is 0 Å². The van der Waals surface area contributed by atoms with E-state index < -0.39 is 0 Å². The van der Waals surface area contributed by atoms with Gasteiger partial charge in [-0.25, -0.2) is 0 Å². The molecule has 4 atom stereocenters. The highest BCUT2D eigenvalue weighted by molar-refractivity contribution is 5.85. The summed E-state index contributed by atoms with van der Waals surface area (Å²) in [4.78, 5) is 14.5. The first-order valence-electron chi connectivity index (χ1n) is 7.23. The molecule has 0 aliphatic carbocycles. The number of morpholine rings is 1. The zero-order chi connectivity index (χ0) is 14.7. The molecule has 0 saturated carbocycles. The molecule has 1 saturated heterocycles. The highest BCUT2D eigenvalue weighted by atomic mass is 35.5. The van der Waals surface area contributed by atoms with E-state index in [1.54, 1.807) is 0 Å². The number of amides is 1. The molecule has 118 valence electrons. The molecular formula is C16H25ClN2O2. The van der Waals surface area contributed by atoms with Crippen molar-refractivity contribution >= 4 is 18.3 Å². The van der Waals surface area contributed by atoms with Crippen LogP contribution in [0.3, 0.4) is 0 Å². The van der Waals surface area contributed by atoms with Crippen molar-refractivity contribution in [2.24, 2.45) is 11.7 Å². The number of carbonyl (C=O) groups excluding carboxylic acids is 1. The van der Waals surface area contributed by atoms with Crippen LogP contribution in [0.1, 0.15) is 32.4 Å². The Hall–Kier alpha value is -1.10. The lowest BCUT2D eigenvalue weighted by molar-refractivity contribution is -0.147. The van der Waals surface area contributed by atoms with Gasteiger partial charge < -0.3 is 15.4 Å². The predicted molar refractivity (Wildman–Crippen MR) is 86.4 cm³/mol. The van der Waals surface area contributed by atoms with Crippen molar-refractivity contribution < 1.29 is 9.53 Å². The van der Waals surface area contributed by atoms with Gasteiger partial charge >= 0.3 is 0 Å². The Morgan fingerprint density at radius 1 is 1.24 bits per heavy atom. The fourth-order valence-corrected chi connectivity index (χ4v) is 2.76. The van der Waals surface area contributed by atoms with E-state index in [1.165, 1.54) is 0 Å². The van der Waals surface area contributed by atoms with E-state index in [2.05, 4.69) is 0 Å². The van der Waals surface area contributed by atoms with Gasteiger partial charge in [-0.1, -0.05) is 37.3 Å². The van der Waals surface area contributed by atoms with E-state index in [4.69, 9.17) is 10.5 Å². The summed E-state index contributed by atoms with van der Waals surface area (Å²) >= 11 is 0. The highest BCUT2D eigenvalue weighted by Crippen LogP contribution is 2.22. The molecule has 5 heteroatoms. The van der Waals surface area contributed by atoms with Crippen LogP contribution in [0.15, 0.2) is 30.3 Å². The van der Waals surface area contributed by atoms with Crippen molar-refractivity contribution in [3.63, 3.8) is 0 Å². The number of benzene rings is 1. The van der Waals surface area contributed by atoms with Crippen molar-refractivity contribution in [3.05, 3.63) is 35.9 Å². The Kier molecular flexibility index (Phi) is 6.65. The standard InChI is InChI=1S/C16H24N2O2.ClH/c1-11-9-18(10-12(2)20-11)16(19)13(3)15(17)14-7-5-4-6-8-14;/h4-8,11-13,15H,9-10,17H2,1-3H3;1H. The van der Waals surface area contributed by atoms with Crippen molar-refractivity contribution in [1.82, 2.24) is 4.90 Å². The number of hydrogen-bond donors (Lipinski definition) is 1. The second kappa shape index (κ2) is 7.78. The van der Waals surface area contributed by atoms with Crippen LogP contribution in [0, 0.1) is 5.92 Å². The van der Waals surface area contributed by atoms with Crippen LogP contribution in [0.5, 0.6) is 0 Å². The molecule has 1 heterocycles. The largest absolute Gasteiger partial charge is 0.372 e. The quantitative estimate of drug-likeness (QED) is 0.932. The summed E-state index contributed by atoms with van der Waals surface area (Å²) in [5.41, 5.74) is 7.24. The van der Waals surface area contributed by atoms with Crippen LogP contribution in [-0.2, 0) is 9.53 Å². The molecule has 1 aromatic rings. The number of hydrogen-bond acceptors (Lipinski definition) is 3. The average Bonchev–Trinajstić information content (AvgIpc) is 2.45. The van der Waals surface area contributed by atoms with Crippen molar-refractivity contribution in [3.8, 4) is 0 Å². The Balaban J connectivity index is 0.00000220. The minimum atomic E-state index is -0.267. The fraction of sp³-hybridized carbons (Fsp3) is 0.562. The van der Waals surface area contributed by atoms with E-state index in [0.717, 1.165) is 5.56 Å². The van der Waals surface area contributed by atoms with Gasteiger partial charge in [-0.2, -0.15) is 0 Å². The Bertz CT molecular complexity index is 445. The van der Waals surface area contributed by atoms with Crippen LogP contribution < -0.4 is 5.73 Å². The lowest BCUT2D eigenvalue weighted by atomic mass is 9.94. The number of rotatable bonds is 3. The molecular weight excluding hydrogens is 288 g/mol. The minimum Gasteiger partial charge on any atom is -0.372 e. The molecule has 4 nitrogen and oxygen atoms in total. The first-order valence-corrected chi connectivity index (χ1v) is 7.23. The summed E-state index contributed by atoms with van der Waals surface area (Å²) < 4.78 is 5.67. The van der Waals surface area contributed by atoms with Crippen LogP contribution in [0.25, 0.3) is 0 Å². The zero-order valence-corrected chi connectivity index (χ0v) is 13.7. The molecule has 0 bridgehead atoms. The van der Waals surface area contributed by atoms with Gasteiger partial charge in [0, 0.05) is 19.1 Å². The highest BCUT2D eigenvalue weighted by Gasteiger charge is 2.31. The normalized spacial score (nSPS) is 24.9. The molecule has 4 unspecified atom stereocenters. The van der Waals surface area contributed by atoms with E-state index in [-0.39, 0.29) is 42.5 Å². The van der Waals surface area contributed by atoms with Gasteiger partial charge in [-0.05, 0) is 19.4 Å². The third kappa shape index (κ3) is 4.43. The summed E-state index contributed by atoms with van der Waals surface area (Å²) in [7, 11) is 0. The predicted octanol–water partition coefficient (Wildman–Crippen LogP) is 2.38. The van der Waals surface area contributed by atoms with E-state index in [0.29, 0.717) is 13.1 Å². The third-order valence-corrected chi connectivity index (χ3v) is 3.84. The van der Waals surface area contributed by atoms with Crippen molar-refractivity contribution in [2.45, 2.75) is 39.0 Å². The first-order chi connectivity index (χ1) is 9.49. The Morgan fingerprint density at radius 3 is 2.29 bits per heavy atom. The SMILES string of the molecule is CC1CN(C(=O)C(C)C(N)c2ccccc2)CC(C)O1.Cl. The van der Waals surface area contributed by atoms with Gasteiger partial charge in [0.25, 0.3) is 0 Å². The van der Waals surface area contributed by atoms with E-state index >= 15 is 0 Å². The summed E-state index contributed by atoms with van der Waals surface area (Å²) in [5.74, 6) is -0.113. The van der Waals surface area contributed by atoms with Gasteiger partial charge in [0.05, 0.1) is 18.1 Å². The molecule has 0 spiro atoms. The monoisotopic (exact) mass is 312 g/mol. The van der Waals surface area contributed by atoms with Gasteiger partial charge in [0.15, 0.2) is 0 Å². The summed E-state index contributed by atoms with van der Waals surface area (Å²) in [5, 5.41) is 0. The number of nitrogens with two attached hydrogens (primary N) is 1. The number of ether oxygens (including phenoxy) is 1. The maximum absolute atomic E-state index is 12.6. The second-order valence-electron chi connectivity index (χ2n) is 5.73. The number of halogens is 1. The smallest absolute Gasteiger partial charge is 0.227 e. The summed E-state index contributed by atoms with van der Waals surface area (Å²) in [6.45, 7) is 7.20.